The molecule has 2 N–H and O–H groups in total. The van der Waals surface area contributed by atoms with E-state index in [-0.39, 0.29) is 0 Å². The zero-order valence-electron chi connectivity index (χ0n) is 9.60. The van der Waals surface area contributed by atoms with Crippen molar-refractivity contribution in [3.05, 3.63) is 17.3 Å². The van der Waals surface area contributed by atoms with Crippen LogP contribution in [0.3, 0.4) is 0 Å². The monoisotopic (exact) mass is 236 g/mol. The maximum atomic E-state index is 5.78. The zero-order valence-corrected chi connectivity index (χ0v) is 10.4. The second-order valence-corrected chi connectivity index (χ2v) is 4.95. The number of hydrogen-bond donors (Lipinski definition) is 1. The quantitative estimate of drug-likeness (QED) is 0.887. The van der Waals surface area contributed by atoms with Gasteiger partial charge in [0.15, 0.2) is 5.13 Å². The number of nitrogens with two attached hydrogens (primary N) is 1. The SMILES string of the molecule is CCCCc1sc(N)nc1-c1cnn(C)c1. The van der Waals surface area contributed by atoms with Crippen molar-refractivity contribution in [1.82, 2.24) is 14.8 Å². The van der Waals surface area contributed by atoms with Crippen molar-refractivity contribution in [2.45, 2.75) is 26.2 Å². The van der Waals surface area contributed by atoms with E-state index in [9.17, 15) is 0 Å². The molecule has 0 radical (unpaired) electrons. The Morgan fingerprint density at radius 1 is 1.50 bits per heavy atom. The van der Waals surface area contributed by atoms with Gasteiger partial charge in [-0.3, -0.25) is 4.68 Å². The predicted octanol–water partition coefficient (Wildman–Crippen LogP) is 2.47. The fourth-order valence-corrected chi connectivity index (χ4v) is 2.54. The van der Waals surface area contributed by atoms with Gasteiger partial charge in [-0.1, -0.05) is 13.3 Å². The number of aromatic nitrogens is 3. The Bertz CT molecular complexity index is 472. The van der Waals surface area contributed by atoms with Gasteiger partial charge in [0.25, 0.3) is 0 Å². The molecule has 86 valence electrons. The van der Waals surface area contributed by atoms with E-state index >= 15 is 0 Å². The van der Waals surface area contributed by atoms with Crippen molar-refractivity contribution in [1.29, 1.82) is 0 Å². The molecule has 0 amide bonds. The van der Waals surface area contributed by atoms with E-state index in [1.807, 2.05) is 19.4 Å². The van der Waals surface area contributed by atoms with Crippen LogP contribution in [0.5, 0.6) is 0 Å². The Labute approximate surface area is 99.1 Å². The molecule has 0 unspecified atom stereocenters. The molecule has 2 heterocycles. The van der Waals surface area contributed by atoms with Crippen LogP contribution in [0.1, 0.15) is 24.6 Å². The van der Waals surface area contributed by atoms with Crippen LogP contribution in [0, 0.1) is 0 Å². The van der Waals surface area contributed by atoms with Gasteiger partial charge in [0.2, 0.25) is 0 Å². The molecule has 0 spiro atoms. The highest BCUT2D eigenvalue weighted by Crippen LogP contribution is 2.30. The van der Waals surface area contributed by atoms with Crippen LogP contribution in [-0.2, 0) is 13.5 Å². The Kier molecular flexibility index (Phi) is 3.24. The molecule has 0 saturated heterocycles. The minimum Gasteiger partial charge on any atom is -0.375 e. The highest BCUT2D eigenvalue weighted by Gasteiger charge is 2.12. The average Bonchev–Trinajstić information content (AvgIpc) is 2.81. The molecule has 0 atom stereocenters. The van der Waals surface area contributed by atoms with E-state index in [1.54, 1.807) is 16.0 Å². The van der Waals surface area contributed by atoms with Crippen LogP contribution in [0.15, 0.2) is 12.4 Å². The number of thiazole rings is 1. The number of unbranched alkanes of at least 4 members (excludes halogenated alkanes) is 1. The third-order valence-electron chi connectivity index (χ3n) is 2.45. The van der Waals surface area contributed by atoms with Gasteiger partial charge in [-0.15, -0.1) is 11.3 Å². The molecule has 0 aliphatic heterocycles. The van der Waals surface area contributed by atoms with Crippen LogP contribution in [0.2, 0.25) is 0 Å². The maximum absolute atomic E-state index is 5.78. The molecular weight excluding hydrogens is 220 g/mol. The summed E-state index contributed by atoms with van der Waals surface area (Å²) in [5.41, 5.74) is 7.84. The lowest BCUT2D eigenvalue weighted by molar-refractivity contribution is 0.768. The minimum absolute atomic E-state index is 0.643. The maximum Gasteiger partial charge on any atom is 0.180 e. The third kappa shape index (κ3) is 2.24. The molecule has 0 bridgehead atoms. The number of hydrogen-bond acceptors (Lipinski definition) is 4. The Morgan fingerprint density at radius 3 is 2.94 bits per heavy atom. The molecule has 0 aromatic carbocycles. The highest BCUT2D eigenvalue weighted by molar-refractivity contribution is 7.15. The normalized spacial score (nSPS) is 10.9. The second kappa shape index (κ2) is 4.65. The number of rotatable bonds is 4. The molecule has 0 saturated carbocycles. The molecular formula is C11H16N4S. The van der Waals surface area contributed by atoms with Crippen LogP contribution >= 0.6 is 11.3 Å². The number of anilines is 1. The first kappa shape index (κ1) is 11.1. The van der Waals surface area contributed by atoms with Gasteiger partial charge in [-0.25, -0.2) is 4.98 Å². The molecule has 16 heavy (non-hydrogen) atoms. The Hall–Kier alpha value is -1.36. The van der Waals surface area contributed by atoms with Crippen LogP contribution < -0.4 is 5.73 Å². The van der Waals surface area contributed by atoms with E-state index in [0.29, 0.717) is 5.13 Å². The van der Waals surface area contributed by atoms with Crippen molar-refractivity contribution >= 4 is 16.5 Å². The Morgan fingerprint density at radius 2 is 2.31 bits per heavy atom. The van der Waals surface area contributed by atoms with Crippen molar-refractivity contribution in [3.8, 4) is 11.3 Å². The lowest BCUT2D eigenvalue weighted by atomic mass is 10.1. The summed E-state index contributed by atoms with van der Waals surface area (Å²) in [6.07, 6.45) is 7.22. The van der Waals surface area contributed by atoms with Gasteiger partial charge in [-0.05, 0) is 12.8 Å². The average molecular weight is 236 g/mol. The highest BCUT2D eigenvalue weighted by atomic mass is 32.1. The summed E-state index contributed by atoms with van der Waals surface area (Å²) in [4.78, 5) is 5.66. The van der Waals surface area contributed by atoms with Crippen molar-refractivity contribution in [2.75, 3.05) is 5.73 Å². The molecule has 0 aliphatic carbocycles. The summed E-state index contributed by atoms with van der Waals surface area (Å²) in [5, 5.41) is 4.81. The minimum atomic E-state index is 0.643. The summed E-state index contributed by atoms with van der Waals surface area (Å²) in [6.45, 7) is 2.19. The van der Waals surface area contributed by atoms with Gasteiger partial charge >= 0.3 is 0 Å². The fourth-order valence-electron chi connectivity index (χ4n) is 1.65. The van der Waals surface area contributed by atoms with E-state index < -0.39 is 0 Å². The van der Waals surface area contributed by atoms with Gasteiger partial charge < -0.3 is 5.73 Å². The fraction of sp³-hybridized carbons (Fsp3) is 0.455. The molecule has 2 rings (SSSR count). The third-order valence-corrected chi connectivity index (χ3v) is 3.39. The largest absolute Gasteiger partial charge is 0.375 e. The predicted molar refractivity (Wildman–Crippen MR) is 67.3 cm³/mol. The summed E-state index contributed by atoms with van der Waals surface area (Å²) in [5.74, 6) is 0. The number of aryl methyl sites for hydroxylation is 2. The van der Waals surface area contributed by atoms with E-state index in [1.165, 1.54) is 17.7 Å². The van der Waals surface area contributed by atoms with Gasteiger partial charge in [0.05, 0.1) is 11.9 Å². The number of nitrogens with zero attached hydrogens (tertiary/aromatic N) is 3. The van der Waals surface area contributed by atoms with Gasteiger partial charge in [-0.2, -0.15) is 5.10 Å². The molecule has 0 aliphatic rings. The van der Waals surface area contributed by atoms with Crippen molar-refractivity contribution in [2.24, 2.45) is 7.05 Å². The van der Waals surface area contributed by atoms with Crippen molar-refractivity contribution < 1.29 is 0 Å². The van der Waals surface area contributed by atoms with Crippen molar-refractivity contribution in [3.63, 3.8) is 0 Å². The molecule has 0 fully saturated rings. The topological polar surface area (TPSA) is 56.7 Å². The first-order valence-electron chi connectivity index (χ1n) is 5.45. The molecule has 2 aromatic rings. The van der Waals surface area contributed by atoms with Crippen LogP contribution in [-0.4, -0.2) is 14.8 Å². The summed E-state index contributed by atoms with van der Waals surface area (Å²) < 4.78 is 1.79. The lowest BCUT2D eigenvalue weighted by Gasteiger charge is -1.97. The Balaban J connectivity index is 2.32. The summed E-state index contributed by atoms with van der Waals surface area (Å²) >= 11 is 1.59. The van der Waals surface area contributed by atoms with E-state index in [4.69, 9.17) is 5.73 Å². The molecule has 2 aromatic heterocycles. The van der Waals surface area contributed by atoms with Crippen LogP contribution in [0.4, 0.5) is 5.13 Å². The van der Waals surface area contributed by atoms with Crippen LogP contribution in [0.25, 0.3) is 11.3 Å². The number of nitrogen functional groups attached to an aromatic ring is 1. The zero-order chi connectivity index (χ0) is 11.5. The smallest absolute Gasteiger partial charge is 0.180 e. The van der Waals surface area contributed by atoms with Gasteiger partial charge in [0.1, 0.15) is 0 Å². The van der Waals surface area contributed by atoms with Gasteiger partial charge in [0, 0.05) is 23.7 Å². The summed E-state index contributed by atoms with van der Waals surface area (Å²) in [6, 6.07) is 0. The second-order valence-electron chi connectivity index (χ2n) is 3.83. The first-order chi connectivity index (χ1) is 7.70. The lowest BCUT2D eigenvalue weighted by Crippen LogP contribution is -1.87. The van der Waals surface area contributed by atoms with E-state index in [0.717, 1.165) is 17.7 Å². The molecule has 4 nitrogen and oxygen atoms in total. The first-order valence-corrected chi connectivity index (χ1v) is 6.26. The summed E-state index contributed by atoms with van der Waals surface area (Å²) in [7, 11) is 1.91. The standard InChI is InChI=1S/C11H16N4S/c1-3-4-5-9-10(14-11(12)16-9)8-6-13-15(2)7-8/h6-7H,3-5H2,1-2H3,(H2,12,14). The molecule has 5 heteroatoms. The van der Waals surface area contributed by atoms with E-state index in [2.05, 4.69) is 17.0 Å².